The molecule has 8 heteroatoms. The quantitative estimate of drug-likeness (QED) is 0.379. The molecule has 79 valence electrons. The maximum absolute atomic E-state index is 11.1. The van der Waals surface area contributed by atoms with Gasteiger partial charge in [0.25, 0.3) is 0 Å². The smallest absolute Gasteiger partial charge is 0.0813 e. The molecule has 1 nitrogen and oxygen atoms in total. The monoisotopic (exact) mass is 367 g/mol. The summed E-state index contributed by atoms with van der Waals surface area (Å²) in [6, 6.07) is 5.50. The third-order valence-electron chi connectivity index (χ3n) is 0.517. The van der Waals surface area contributed by atoms with Gasteiger partial charge < -0.3 is 4.98 Å². The molecule has 0 aliphatic rings. The molecule has 0 saturated carbocycles. The average molecular weight is 369 g/mol. The summed E-state index contributed by atoms with van der Waals surface area (Å²) in [5.41, 5.74) is 0. The Morgan fingerprint density at radius 2 is 1.54 bits per heavy atom. The molecule has 0 aliphatic heterocycles. The summed E-state index contributed by atoms with van der Waals surface area (Å²) >= 11 is 1.98. The Labute approximate surface area is 86.7 Å². The fourth-order valence-electron chi connectivity index (χ4n) is 0.277. The number of hydrogen-bond donors (Lipinski definition) is 0. The molecule has 1 heterocycles. The Balaban J connectivity index is 0.000000223. The van der Waals surface area contributed by atoms with Gasteiger partial charge in [-0.1, -0.05) is 12.4 Å². The van der Waals surface area contributed by atoms with Gasteiger partial charge in [0.2, 0.25) is 0 Å². The molecule has 0 atom stereocenters. The molecule has 0 unspecified atom stereocenters. The van der Waals surface area contributed by atoms with Gasteiger partial charge >= 0.3 is 51.4 Å². The summed E-state index contributed by atoms with van der Waals surface area (Å²) in [6.45, 7) is 0. The minimum absolute atomic E-state index is 0.990. The second-order valence-corrected chi connectivity index (χ2v) is 17.6. The van der Waals surface area contributed by atoms with E-state index in [1.807, 2.05) is 12.1 Å². The zero-order valence-electron chi connectivity index (χ0n) is 5.90. The maximum Gasteiger partial charge on any atom is -0.0813 e. The van der Waals surface area contributed by atoms with Gasteiger partial charge in [0.1, 0.15) is 0 Å². The van der Waals surface area contributed by atoms with Crippen molar-refractivity contribution >= 4 is 28.2 Å². The standard InChI is InChI=1S/C5H4N.2BrH.4FH.Mn/c1-2-4-6-5-3-1;;;;;;;/h1-4H;6*1H;/q-1;;;;;;;+6/p-6. The summed E-state index contributed by atoms with van der Waals surface area (Å²) < 4.78 is 44.2. The largest absolute Gasteiger partial charge is 0.394 e. The van der Waals surface area contributed by atoms with Gasteiger partial charge in [-0.3, -0.25) is 0 Å². The van der Waals surface area contributed by atoms with Crippen LogP contribution in [0.5, 0.6) is 0 Å². The molecule has 0 aromatic carbocycles. The Hall–Kier alpha value is 0.349. The van der Waals surface area contributed by atoms with Crippen LogP contribution in [0.2, 0.25) is 0 Å². The van der Waals surface area contributed by atoms with Crippen LogP contribution in [0.15, 0.2) is 24.4 Å². The normalized spacial score (nSPS) is 16.2. The van der Waals surface area contributed by atoms with Crippen molar-refractivity contribution in [2.24, 2.45) is 0 Å². The molecule has 0 amide bonds. The molecule has 1 aromatic rings. The average Bonchev–Trinajstić information content (AvgIpc) is 1.84. The topological polar surface area (TPSA) is 12.9 Å². The van der Waals surface area contributed by atoms with Crippen LogP contribution < -0.4 is 0 Å². The van der Waals surface area contributed by atoms with Gasteiger partial charge in [-0.05, 0) is 0 Å². The molecular weight excluding hydrogens is 365 g/mol. The van der Waals surface area contributed by atoms with E-state index in [9.17, 15) is 14.2 Å². The number of rotatable bonds is 0. The second-order valence-electron chi connectivity index (χ2n) is 1.77. The summed E-state index contributed by atoms with van der Waals surface area (Å²) in [5.74, 6) is 0. The van der Waals surface area contributed by atoms with Gasteiger partial charge in [-0.15, -0.1) is 0 Å². The van der Waals surface area contributed by atoms with Crippen LogP contribution in [0, 0.1) is 6.20 Å². The molecule has 0 bridgehead atoms. The first-order chi connectivity index (χ1) is 5.45. The van der Waals surface area contributed by atoms with Gasteiger partial charge in [-0.2, -0.15) is 18.2 Å². The van der Waals surface area contributed by atoms with Crippen LogP contribution in [0.4, 0.5) is 14.2 Å². The fourth-order valence-corrected chi connectivity index (χ4v) is 0.277. The van der Waals surface area contributed by atoms with E-state index in [-0.39, 0.29) is 0 Å². The van der Waals surface area contributed by atoms with E-state index in [2.05, 4.69) is 11.2 Å². The molecule has 0 fully saturated rings. The van der Waals surface area contributed by atoms with Gasteiger partial charge in [0, 0.05) is 0 Å². The predicted molar refractivity (Wildman–Crippen MR) is 45.4 cm³/mol. The number of hydrogen-bond acceptors (Lipinski definition) is 1. The first-order valence-electron chi connectivity index (χ1n) is 2.63. The van der Waals surface area contributed by atoms with E-state index >= 15 is 0 Å². The minimum atomic E-state index is -8.23. The number of aromatic nitrogens is 1. The first kappa shape index (κ1) is 13.3. The van der Waals surface area contributed by atoms with Crippen molar-refractivity contribution in [2.45, 2.75) is 0 Å². The molecule has 0 N–H and O–H groups in total. The second kappa shape index (κ2) is 3.49. The van der Waals surface area contributed by atoms with Gasteiger partial charge in [0.05, 0.1) is 0 Å². The van der Waals surface area contributed by atoms with Crippen LogP contribution >= 0.6 is 28.2 Å². The van der Waals surface area contributed by atoms with Crippen LogP contribution in [-0.2, 0) is 8.93 Å². The molecule has 1 rings (SSSR count). The number of halogens is 6. The molecular formula is C5H4Br2F4MnN-. The van der Waals surface area contributed by atoms with Crippen molar-refractivity contribution in [1.29, 1.82) is 0 Å². The third-order valence-corrected chi connectivity index (χ3v) is 0.517. The van der Waals surface area contributed by atoms with Crippen molar-refractivity contribution in [1.82, 2.24) is 4.98 Å². The summed E-state index contributed by atoms with van der Waals surface area (Å²) in [6.07, 6.45) is 4.34. The van der Waals surface area contributed by atoms with Crippen LogP contribution in [0.3, 0.4) is 0 Å². The van der Waals surface area contributed by atoms with Crippen molar-refractivity contribution in [3.8, 4) is 0 Å². The number of pyridine rings is 1. The van der Waals surface area contributed by atoms with E-state index in [4.69, 9.17) is 0 Å². The number of nitrogens with zero attached hydrogens (tertiary/aromatic N) is 1. The van der Waals surface area contributed by atoms with Crippen molar-refractivity contribution in [3.05, 3.63) is 30.6 Å². The molecule has 0 radical (unpaired) electrons. The van der Waals surface area contributed by atoms with Crippen LogP contribution in [-0.4, -0.2) is 4.98 Å². The Morgan fingerprint density at radius 1 is 1.08 bits per heavy atom. The SMILES string of the molecule is [F][Mn]([F])([F])([F])([Br])[Br].[c-]1ccccn1. The molecule has 0 saturated heterocycles. The molecule has 13 heavy (non-hydrogen) atoms. The maximum atomic E-state index is 11.1. The predicted octanol–water partition coefficient (Wildman–Crippen LogP) is 4.25. The summed E-state index contributed by atoms with van der Waals surface area (Å²) in [7, 11) is -8.23. The van der Waals surface area contributed by atoms with E-state index in [1.165, 1.54) is 0 Å². The van der Waals surface area contributed by atoms with E-state index < -0.39 is 8.93 Å². The first-order valence-corrected chi connectivity index (χ1v) is 10.2. The van der Waals surface area contributed by atoms with E-state index in [0.29, 0.717) is 0 Å². The minimum Gasteiger partial charge on any atom is -0.394 e. The zero-order valence-corrected chi connectivity index (χ0v) is 10.3. The Morgan fingerprint density at radius 3 is 1.62 bits per heavy atom. The van der Waals surface area contributed by atoms with Gasteiger partial charge in [0.15, 0.2) is 0 Å². The molecule has 0 spiro atoms. The van der Waals surface area contributed by atoms with Crippen molar-refractivity contribution < 1.29 is 23.1 Å². The Bertz CT molecular complexity index is 219. The van der Waals surface area contributed by atoms with Crippen molar-refractivity contribution in [3.63, 3.8) is 0 Å². The van der Waals surface area contributed by atoms with Crippen LogP contribution in [0.25, 0.3) is 0 Å². The molecule has 1 aromatic heterocycles. The van der Waals surface area contributed by atoms with Crippen molar-refractivity contribution in [2.75, 3.05) is 0 Å². The fraction of sp³-hybridized carbons (Fsp3) is 0. The van der Waals surface area contributed by atoms with E-state index in [1.54, 1.807) is 12.3 Å². The van der Waals surface area contributed by atoms with E-state index in [0.717, 1.165) is 28.2 Å². The third kappa shape index (κ3) is 32.8. The Kier molecular flexibility index (Phi) is 3.58. The van der Waals surface area contributed by atoms with Gasteiger partial charge in [-0.25, -0.2) is 0 Å². The summed E-state index contributed by atoms with van der Waals surface area (Å²) in [4.78, 5) is 3.66. The summed E-state index contributed by atoms with van der Waals surface area (Å²) in [5, 5.41) is 0. The van der Waals surface area contributed by atoms with Crippen LogP contribution in [0.1, 0.15) is 0 Å². The zero-order chi connectivity index (χ0) is 10.7. The molecule has 0 aliphatic carbocycles.